The number of benzene rings is 1. The number of nitrogens with one attached hydrogen (secondary N) is 2. The molecular formula is C13H19Cl2N3. The van der Waals surface area contributed by atoms with Crippen LogP contribution < -0.4 is 10.6 Å². The molecule has 0 atom stereocenters. The fraction of sp³-hybridized carbons (Fsp3) is 0.538. The molecule has 3 nitrogen and oxygen atoms in total. The molecule has 0 aromatic heterocycles. The average Bonchev–Trinajstić information content (AvgIpc) is 2.38. The van der Waals surface area contributed by atoms with E-state index in [1.807, 2.05) is 12.1 Å². The number of nitrogens with zero attached hydrogens (tertiary/aromatic N) is 1. The largest absolute Gasteiger partial charge is 0.314 e. The highest BCUT2D eigenvalue weighted by Gasteiger charge is 2.08. The zero-order valence-electron chi connectivity index (χ0n) is 10.4. The second-order valence-corrected chi connectivity index (χ2v) is 5.35. The molecule has 18 heavy (non-hydrogen) atoms. The average molecular weight is 288 g/mol. The maximum Gasteiger partial charge on any atom is 0.0465 e. The lowest BCUT2D eigenvalue weighted by molar-refractivity contribution is 0.241. The van der Waals surface area contributed by atoms with E-state index in [0.29, 0.717) is 5.02 Å². The molecular weight excluding hydrogens is 269 g/mol. The van der Waals surface area contributed by atoms with Gasteiger partial charge in [0.25, 0.3) is 0 Å². The summed E-state index contributed by atoms with van der Waals surface area (Å²) in [5.41, 5.74) is 1.10. The smallest absolute Gasteiger partial charge is 0.0465 e. The lowest BCUT2D eigenvalue weighted by Crippen LogP contribution is -2.45. The number of piperazine rings is 1. The lowest BCUT2D eigenvalue weighted by Gasteiger charge is -2.27. The van der Waals surface area contributed by atoms with Gasteiger partial charge in [-0.2, -0.15) is 0 Å². The highest BCUT2D eigenvalue weighted by molar-refractivity contribution is 6.35. The van der Waals surface area contributed by atoms with Crippen molar-refractivity contribution >= 4 is 23.2 Å². The molecule has 1 aromatic carbocycles. The van der Waals surface area contributed by atoms with Gasteiger partial charge < -0.3 is 10.6 Å². The van der Waals surface area contributed by atoms with Gasteiger partial charge in [-0.1, -0.05) is 29.3 Å². The van der Waals surface area contributed by atoms with Crippen LogP contribution in [0.25, 0.3) is 0 Å². The van der Waals surface area contributed by atoms with Crippen LogP contribution in [0.4, 0.5) is 0 Å². The molecule has 100 valence electrons. The van der Waals surface area contributed by atoms with Crippen LogP contribution in [0.15, 0.2) is 18.2 Å². The molecule has 1 aliphatic heterocycles. The summed E-state index contributed by atoms with van der Waals surface area (Å²) in [6.07, 6.45) is 0. The van der Waals surface area contributed by atoms with Gasteiger partial charge in [0.1, 0.15) is 0 Å². The topological polar surface area (TPSA) is 27.3 Å². The summed E-state index contributed by atoms with van der Waals surface area (Å²) in [7, 11) is 0. The van der Waals surface area contributed by atoms with Crippen molar-refractivity contribution in [3.05, 3.63) is 33.8 Å². The first-order valence-corrected chi connectivity index (χ1v) is 7.09. The van der Waals surface area contributed by atoms with Crippen LogP contribution in [0, 0.1) is 0 Å². The van der Waals surface area contributed by atoms with E-state index in [1.165, 1.54) is 0 Å². The fourth-order valence-corrected chi connectivity index (χ4v) is 2.54. The second-order valence-electron chi connectivity index (χ2n) is 4.50. The zero-order chi connectivity index (χ0) is 12.8. The fourth-order valence-electron chi connectivity index (χ4n) is 2.06. The molecule has 2 rings (SSSR count). The third-order valence-electron chi connectivity index (χ3n) is 3.14. The molecule has 0 amide bonds. The van der Waals surface area contributed by atoms with E-state index >= 15 is 0 Å². The van der Waals surface area contributed by atoms with Gasteiger partial charge >= 0.3 is 0 Å². The molecule has 1 heterocycles. The Morgan fingerprint density at radius 1 is 1.22 bits per heavy atom. The van der Waals surface area contributed by atoms with Crippen molar-refractivity contribution in [2.24, 2.45) is 0 Å². The van der Waals surface area contributed by atoms with Crippen LogP contribution in [0.3, 0.4) is 0 Å². The SMILES string of the molecule is Clc1ccc(CNCCN2CCNCC2)c(Cl)c1. The van der Waals surface area contributed by atoms with Crippen LogP contribution in [-0.2, 0) is 6.54 Å². The summed E-state index contributed by atoms with van der Waals surface area (Å²) in [6, 6.07) is 5.64. The third kappa shape index (κ3) is 4.41. The van der Waals surface area contributed by atoms with Gasteiger partial charge in [-0.05, 0) is 17.7 Å². The van der Waals surface area contributed by atoms with E-state index in [1.54, 1.807) is 6.07 Å². The summed E-state index contributed by atoms with van der Waals surface area (Å²) in [6.45, 7) is 7.35. The van der Waals surface area contributed by atoms with E-state index in [9.17, 15) is 0 Å². The van der Waals surface area contributed by atoms with Crippen LogP contribution >= 0.6 is 23.2 Å². The summed E-state index contributed by atoms with van der Waals surface area (Å²) < 4.78 is 0. The van der Waals surface area contributed by atoms with Gasteiger partial charge in [-0.15, -0.1) is 0 Å². The molecule has 1 fully saturated rings. The first-order valence-electron chi connectivity index (χ1n) is 6.33. The van der Waals surface area contributed by atoms with E-state index in [0.717, 1.165) is 56.4 Å². The minimum Gasteiger partial charge on any atom is -0.314 e. The minimum absolute atomic E-state index is 0.685. The zero-order valence-corrected chi connectivity index (χ0v) is 11.9. The normalized spacial score (nSPS) is 17.0. The molecule has 0 radical (unpaired) electrons. The quantitative estimate of drug-likeness (QED) is 0.811. The van der Waals surface area contributed by atoms with E-state index in [-0.39, 0.29) is 0 Å². The predicted molar refractivity (Wildman–Crippen MR) is 77.5 cm³/mol. The van der Waals surface area contributed by atoms with Gasteiger partial charge in [-0.3, -0.25) is 4.90 Å². The lowest BCUT2D eigenvalue weighted by atomic mass is 10.2. The molecule has 1 aromatic rings. The first-order chi connectivity index (χ1) is 8.75. The van der Waals surface area contributed by atoms with Crippen molar-refractivity contribution < 1.29 is 0 Å². The van der Waals surface area contributed by atoms with Gasteiger partial charge in [-0.25, -0.2) is 0 Å². The molecule has 0 spiro atoms. The Balaban J connectivity index is 1.68. The molecule has 0 aliphatic carbocycles. The number of halogens is 2. The van der Waals surface area contributed by atoms with E-state index in [2.05, 4.69) is 15.5 Å². The van der Waals surface area contributed by atoms with Gasteiger partial charge in [0.2, 0.25) is 0 Å². The van der Waals surface area contributed by atoms with Crippen LogP contribution in [0.1, 0.15) is 5.56 Å². The molecule has 1 aliphatic rings. The Morgan fingerprint density at radius 3 is 2.72 bits per heavy atom. The minimum atomic E-state index is 0.685. The second kappa shape index (κ2) is 7.31. The highest BCUT2D eigenvalue weighted by Crippen LogP contribution is 2.20. The van der Waals surface area contributed by atoms with Crippen molar-refractivity contribution in [1.29, 1.82) is 0 Å². The third-order valence-corrected chi connectivity index (χ3v) is 3.73. The standard InChI is InChI=1S/C13H19Cl2N3/c14-12-2-1-11(13(15)9-12)10-17-5-8-18-6-3-16-4-7-18/h1-2,9,16-17H,3-8,10H2. The number of rotatable bonds is 5. The molecule has 0 saturated carbocycles. The van der Waals surface area contributed by atoms with Crippen molar-refractivity contribution in [3.8, 4) is 0 Å². The van der Waals surface area contributed by atoms with Crippen molar-refractivity contribution in [2.45, 2.75) is 6.54 Å². The van der Waals surface area contributed by atoms with Crippen molar-refractivity contribution in [2.75, 3.05) is 39.3 Å². The van der Waals surface area contributed by atoms with Crippen LogP contribution in [0.2, 0.25) is 10.0 Å². The maximum atomic E-state index is 6.11. The number of hydrogen-bond donors (Lipinski definition) is 2. The van der Waals surface area contributed by atoms with Gasteiger partial charge in [0, 0.05) is 55.9 Å². The highest BCUT2D eigenvalue weighted by atomic mass is 35.5. The van der Waals surface area contributed by atoms with E-state index < -0.39 is 0 Å². The Hall–Kier alpha value is -0.320. The van der Waals surface area contributed by atoms with E-state index in [4.69, 9.17) is 23.2 Å². The summed E-state index contributed by atoms with van der Waals surface area (Å²) in [5.74, 6) is 0. The van der Waals surface area contributed by atoms with Crippen molar-refractivity contribution in [1.82, 2.24) is 15.5 Å². The molecule has 5 heteroatoms. The number of hydrogen-bond acceptors (Lipinski definition) is 3. The van der Waals surface area contributed by atoms with Crippen LogP contribution in [-0.4, -0.2) is 44.2 Å². The molecule has 2 N–H and O–H groups in total. The Labute approximate surface area is 118 Å². The Bertz CT molecular complexity index is 378. The predicted octanol–water partition coefficient (Wildman–Crippen LogP) is 1.99. The summed E-state index contributed by atoms with van der Waals surface area (Å²) in [5, 5.41) is 8.19. The Morgan fingerprint density at radius 2 is 2.00 bits per heavy atom. The Kier molecular flexibility index (Phi) is 5.73. The van der Waals surface area contributed by atoms with Crippen LogP contribution in [0.5, 0.6) is 0 Å². The monoisotopic (exact) mass is 287 g/mol. The van der Waals surface area contributed by atoms with Gasteiger partial charge in [0.05, 0.1) is 0 Å². The molecule has 0 bridgehead atoms. The molecule has 0 unspecified atom stereocenters. The molecule has 1 saturated heterocycles. The maximum absolute atomic E-state index is 6.11. The first kappa shape index (κ1) is 14.1. The summed E-state index contributed by atoms with van der Waals surface area (Å²) >= 11 is 12.0. The van der Waals surface area contributed by atoms with Gasteiger partial charge in [0.15, 0.2) is 0 Å². The summed E-state index contributed by atoms with van der Waals surface area (Å²) in [4.78, 5) is 2.47. The van der Waals surface area contributed by atoms with Crippen molar-refractivity contribution in [3.63, 3.8) is 0 Å².